The minimum Gasteiger partial charge on any atom is -0.291 e. The lowest BCUT2D eigenvalue weighted by Crippen LogP contribution is -2.40. The van der Waals surface area contributed by atoms with Gasteiger partial charge in [0.2, 0.25) is 0 Å². The number of nitrogens with one attached hydrogen (secondary N) is 1. The number of ketones is 1. The summed E-state index contributed by atoms with van der Waals surface area (Å²) < 4.78 is 38.5. The van der Waals surface area contributed by atoms with E-state index in [-0.39, 0.29) is 9.77 Å². The predicted molar refractivity (Wildman–Crippen MR) is 64.7 cm³/mol. The van der Waals surface area contributed by atoms with Crippen LogP contribution in [-0.4, -0.2) is 26.4 Å². The van der Waals surface area contributed by atoms with Gasteiger partial charge in [-0.2, -0.15) is 0 Å². The van der Waals surface area contributed by atoms with E-state index in [4.69, 9.17) is 0 Å². The monoisotopic (exact) mass is 279 g/mol. The van der Waals surface area contributed by atoms with Gasteiger partial charge in [-0.1, -0.05) is 0 Å². The summed E-state index contributed by atoms with van der Waals surface area (Å²) in [5.41, 5.74) is -0.743. The van der Waals surface area contributed by atoms with Crippen molar-refractivity contribution in [3.8, 4) is 0 Å². The molecule has 0 aliphatic rings. The zero-order valence-electron chi connectivity index (χ0n) is 9.78. The van der Waals surface area contributed by atoms with Crippen LogP contribution < -0.4 is 4.72 Å². The SMILES string of the molecule is CC(C)(C)NS(=O)(=O)c1sccc1C(=O)CF. The van der Waals surface area contributed by atoms with Crippen molar-refractivity contribution in [3.05, 3.63) is 17.0 Å². The van der Waals surface area contributed by atoms with Crippen molar-refractivity contribution in [2.75, 3.05) is 6.67 Å². The Morgan fingerprint density at radius 2 is 2.06 bits per heavy atom. The minimum absolute atomic E-state index is 0.0887. The molecule has 0 saturated carbocycles. The second kappa shape index (κ2) is 4.83. The van der Waals surface area contributed by atoms with E-state index in [2.05, 4.69) is 4.72 Å². The van der Waals surface area contributed by atoms with Crippen LogP contribution >= 0.6 is 11.3 Å². The standard InChI is InChI=1S/C10H14FNO3S2/c1-10(2,3)12-17(14,15)9-7(4-5-16-9)8(13)6-11/h4-5,12H,6H2,1-3H3. The Kier molecular flexibility index (Phi) is 4.06. The van der Waals surface area contributed by atoms with E-state index in [0.717, 1.165) is 11.3 Å². The van der Waals surface area contributed by atoms with E-state index in [1.165, 1.54) is 11.4 Å². The number of hydrogen-bond donors (Lipinski definition) is 1. The number of Topliss-reactive ketones (excluding diaryl/α,β-unsaturated/α-hetero) is 1. The maximum absolute atomic E-state index is 12.3. The van der Waals surface area contributed by atoms with Gasteiger partial charge in [-0.3, -0.25) is 4.79 Å². The normalized spacial score (nSPS) is 12.7. The topological polar surface area (TPSA) is 63.2 Å². The first kappa shape index (κ1) is 14.3. The summed E-state index contributed by atoms with van der Waals surface area (Å²) in [6.07, 6.45) is 0. The fourth-order valence-corrected chi connectivity index (χ4v) is 4.04. The van der Waals surface area contributed by atoms with Gasteiger partial charge in [0.1, 0.15) is 4.21 Å². The van der Waals surface area contributed by atoms with Crippen LogP contribution in [0.3, 0.4) is 0 Å². The number of carbonyl (C=O) groups is 1. The number of hydrogen-bond acceptors (Lipinski definition) is 4. The summed E-state index contributed by atoms with van der Waals surface area (Å²) >= 11 is 0.903. The largest absolute Gasteiger partial charge is 0.291 e. The van der Waals surface area contributed by atoms with Gasteiger partial charge in [0.25, 0.3) is 10.0 Å². The number of sulfonamides is 1. The highest BCUT2D eigenvalue weighted by Gasteiger charge is 2.27. The average molecular weight is 279 g/mol. The Hall–Kier alpha value is -0.790. The molecule has 0 unspecified atom stereocenters. The summed E-state index contributed by atoms with van der Waals surface area (Å²) in [6.45, 7) is 3.87. The number of carbonyl (C=O) groups excluding carboxylic acids is 1. The van der Waals surface area contributed by atoms with Crippen LogP contribution in [0.5, 0.6) is 0 Å². The van der Waals surface area contributed by atoms with Gasteiger partial charge in [0.05, 0.1) is 5.56 Å². The van der Waals surface area contributed by atoms with E-state index >= 15 is 0 Å². The number of halogens is 1. The molecule has 0 aliphatic heterocycles. The van der Waals surface area contributed by atoms with E-state index in [1.54, 1.807) is 20.8 Å². The maximum atomic E-state index is 12.3. The Morgan fingerprint density at radius 1 is 1.47 bits per heavy atom. The lowest BCUT2D eigenvalue weighted by molar-refractivity contribution is 0.0956. The molecule has 7 heteroatoms. The molecule has 1 aromatic heterocycles. The van der Waals surface area contributed by atoms with Crippen molar-refractivity contribution >= 4 is 27.1 Å². The molecule has 4 nitrogen and oxygen atoms in total. The van der Waals surface area contributed by atoms with E-state index < -0.39 is 28.0 Å². The van der Waals surface area contributed by atoms with Gasteiger partial charge in [-0.05, 0) is 32.2 Å². The smallest absolute Gasteiger partial charge is 0.251 e. The van der Waals surface area contributed by atoms with Gasteiger partial charge in [-0.25, -0.2) is 17.5 Å². The number of alkyl halides is 1. The molecule has 0 aromatic carbocycles. The third kappa shape index (κ3) is 3.58. The molecule has 0 saturated heterocycles. The molecule has 0 bridgehead atoms. The van der Waals surface area contributed by atoms with Crippen molar-refractivity contribution in [2.45, 2.75) is 30.5 Å². The van der Waals surface area contributed by atoms with Gasteiger partial charge < -0.3 is 0 Å². The average Bonchev–Trinajstić information content (AvgIpc) is 2.61. The molecule has 0 aliphatic carbocycles. The van der Waals surface area contributed by atoms with Gasteiger partial charge in [-0.15, -0.1) is 11.3 Å². The van der Waals surface area contributed by atoms with Crippen molar-refractivity contribution in [1.82, 2.24) is 4.72 Å². The van der Waals surface area contributed by atoms with E-state index in [0.29, 0.717) is 0 Å². The quantitative estimate of drug-likeness (QED) is 0.857. The Morgan fingerprint density at radius 3 is 2.53 bits per heavy atom. The summed E-state index contributed by atoms with van der Waals surface area (Å²) in [5, 5.41) is 1.46. The summed E-state index contributed by atoms with van der Waals surface area (Å²) in [4.78, 5) is 11.2. The summed E-state index contributed by atoms with van der Waals surface area (Å²) in [5.74, 6) is -0.819. The van der Waals surface area contributed by atoms with Crippen molar-refractivity contribution in [3.63, 3.8) is 0 Å². The molecule has 1 heterocycles. The molecule has 1 aromatic rings. The van der Waals surface area contributed by atoms with Crippen LogP contribution in [0.1, 0.15) is 31.1 Å². The van der Waals surface area contributed by atoms with E-state index in [1.807, 2.05) is 0 Å². The Balaban J connectivity index is 3.17. The van der Waals surface area contributed by atoms with Crippen molar-refractivity contribution < 1.29 is 17.6 Å². The van der Waals surface area contributed by atoms with Crippen LogP contribution in [0, 0.1) is 0 Å². The molecular formula is C10H14FNO3S2. The predicted octanol–water partition coefficient (Wildman–Crippen LogP) is 1.98. The number of thiophene rings is 1. The van der Waals surface area contributed by atoms with Gasteiger partial charge in [0.15, 0.2) is 12.5 Å². The first-order valence-electron chi connectivity index (χ1n) is 4.88. The first-order valence-corrected chi connectivity index (χ1v) is 7.24. The van der Waals surface area contributed by atoms with Crippen LogP contribution in [-0.2, 0) is 10.0 Å². The Labute approximate surface area is 104 Å². The highest BCUT2D eigenvalue weighted by molar-refractivity contribution is 7.91. The molecule has 1 rings (SSSR count). The van der Waals surface area contributed by atoms with Crippen LogP contribution in [0.4, 0.5) is 4.39 Å². The molecule has 0 spiro atoms. The zero-order valence-corrected chi connectivity index (χ0v) is 11.4. The molecule has 17 heavy (non-hydrogen) atoms. The fraction of sp³-hybridized carbons (Fsp3) is 0.500. The van der Waals surface area contributed by atoms with Gasteiger partial charge in [0, 0.05) is 5.54 Å². The zero-order chi connectivity index (χ0) is 13.3. The third-order valence-electron chi connectivity index (χ3n) is 1.74. The molecule has 1 N–H and O–H groups in total. The second-order valence-corrected chi connectivity index (χ2v) is 7.33. The summed E-state index contributed by atoms with van der Waals surface area (Å²) in [6, 6.07) is 1.32. The van der Waals surface area contributed by atoms with Crippen LogP contribution in [0.2, 0.25) is 0 Å². The van der Waals surface area contributed by atoms with Crippen molar-refractivity contribution in [1.29, 1.82) is 0 Å². The fourth-order valence-electron chi connectivity index (χ4n) is 1.23. The molecule has 0 fully saturated rings. The molecule has 0 atom stereocenters. The Bertz CT molecular complexity index is 514. The van der Waals surface area contributed by atoms with Gasteiger partial charge >= 0.3 is 0 Å². The molecule has 96 valence electrons. The van der Waals surface area contributed by atoms with Crippen LogP contribution in [0.25, 0.3) is 0 Å². The maximum Gasteiger partial charge on any atom is 0.251 e. The van der Waals surface area contributed by atoms with E-state index in [9.17, 15) is 17.6 Å². The highest BCUT2D eigenvalue weighted by Crippen LogP contribution is 2.24. The lowest BCUT2D eigenvalue weighted by atomic mass is 10.1. The minimum atomic E-state index is -3.78. The highest BCUT2D eigenvalue weighted by atomic mass is 32.2. The molecule has 0 radical (unpaired) electrons. The molecular weight excluding hydrogens is 265 g/mol. The second-order valence-electron chi connectivity index (χ2n) is 4.53. The first-order chi connectivity index (χ1) is 7.67. The summed E-state index contributed by atoms with van der Waals surface area (Å²) in [7, 11) is -3.78. The van der Waals surface area contributed by atoms with Crippen LogP contribution in [0.15, 0.2) is 15.7 Å². The number of rotatable bonds is 4. The van der Waals surface area contributed by atoms with Crippen molar-refractivity contribution in [2.24, 2.45) is 0 Å². The molecule has 0 amide bonds. The lowest BCUT2D eigenvalue weighted by Gasteiger charge is -2.20. The third-order valence-corrected chi connectivity index (χ3v) is 4.98.